The molecule has 0 bridgehead atoms. The molecule has 3 heterocycles. The first-order valence-corrected chi connectivity index (χ1v) is 11.2. The summed E-state index contributed by atoms with van der Waals surface area (Å²) in [7, 11) is 2.16. The van der Waals surface area contributed by atoms with Gasteiger partial charge in [0.25, 0.3) is 5.91 Å². The number of hydrogen-bond acceptors (Lipinski definition) is 6. The maximum Gasteiger partial charge on any atom is 0.255 e. The number of nitrogens with zero attached hydrogens (tertiary/aromatic N) is 6. The minimum atomic E-state index is 0.109. The molecule has 1 aromatic carbocycles. The van der Waals surface area contributed by atoms with Gasteiger partial charge in [-0.2, -0.15) is 4.98 Å². The van der Waals surface area contributed by atoms with E-state index in [0.717, 1.165) is 65.9 Å². The molecule has 4 rings (SSSR count). The fraction of sp³-hybridized carbons (Fsp3) is 0.476. The van der Waals surface area contributed by atoms with Crippen molar-refractivity contribution in [2.45, 2.75) is 6.92 Å². The molecule has 154 valence electrons. The first-order chi connectivity index (χ1) is 14.0. The van der Waals surface area contributed by atoms with Crippen molar-refractivity contribution in [3.8, 4) is 0 Å². The standard InChI is InChI=1S/C21H27IN6O/c1-16-15-19(26-9-7-25(2)8-10-26)24-21(23-16)28-13-11-27(12-14-28)20(29)17-5-3-4-6-18(17)22/h3-6,15H,7-14H2,1-2H3. The number of aryl methyl sites for hydroxylation is 1. The minimum absolute atomic E-state index is 0.109. The van der Waals surface area contributed by atoms with Gasteiger partial charge >= 0.3 is 0 Å². The van der Waals surface area contributed by atoms with Gasteiger partial charge in [-0.1, -0.05) is 12.1 Å². The second-order valence-corrected chi connectivity index (χ2v) is 8.88. The lowest BCUT2D eigenvalue weighted by Crippen LogP contribution is -2.49. The molecular weight excluding hydrogens is 479 g/mol. The Hall–Kier alpha value is -1.94. The molecule has 29 heavy (non-hydrogen) atoms. The van der Waals surface area contributed by atoms with E-state index in [2.05, 4.69) is 55.4 Å². The molecule has 8 heteroatoms. The highest BCUT2D eigenvalue weighted by atomic mass is 127. The molecule has 2 aliphatic rings. The zero-order chi connectivity index (χ0) is 20.4. The van der Waals surface area contributed by atoms with Crippen LogP contribution in [0.3, 0.4) is 0 Å². The van der Waals surface area contributed by atoms with Crippen LogP contribution in [-0.4, -0.2) is 85.1 Å². The number of anilines is 2. The van der Waals surface area contributed by atoms with Crippen molar-refractivity contribution in [3.63, 3.8) is 0 Å². The highest BCUT2D eigenvalue weighted by Gasteiger charge is 2.25. The average molecular weight is 506 g/mol. The number of aromatic nitrogens is 2. The van der Waals surface area contributed by atoms with Gasteiger partial charge in [-0.3, -0.25) is 4.79 Å². The molecule has 2 fully saturated rings. The summed E-state index contributed by atoms with van der Waals surface area (Å²) in [5.41, 5.74) is 1.77. The molecule has 2 saturated heterocycles. The van der Waals surface area contributed by atoms with Crippen molar-refractivity contribution in [1.29, 1.82) is 0 Å². The summed E-state index contributed by atoms with van der Waals surface area (Å²) in [5.74, 6) is 1.90. The Kier molecular flexibility index (Phi) is 6.19. The van der Waals surface area contributed by atoms with Crippen LogP contribution in [0.15, 0.2) is 30.3 Å². The summed E-state index contributed by atoms with van der Waals surface area (Å²) in [5, 5.41) is 0. The maximum absolute atomic E-state index is 12.9. The molecule has 0 atom stereocenters. The largest absolute Gasteiger partial charge is 0.354 e. The lowest BCUT2D eigenvalue weighted by molar-refractivity contribution is 0.0745. The van der Waals surface area contributed by atoms with E-state index in [4.69, 9.17) is 4.98 Å². The molecule has 0 radical (unpaired) electrons. The highest BCUT2D eigenvalue weighted by molar-refractivity contribution is 14.1. The SMILES string of the molecule is Cc1cc(N2CCN(C)CC2)nc(N2CCN(C(=O)c3ccccc3I)CC2)n1. The Morgan fingerprint density at radius 3 is 2.28 bits per heavy atom. The molecule has 0 spiro atoms. The number of hydrogen-bond donors (Lipinski definition) is 0. The van der Waals surface area contributed by atoms with E-state index in [1.807, 2.05) is 36.1 Å². The van der Waals surface area contributed by atoms with Crippen LogP contribution in [0.5, 0.6) is 0 Å². The van der Waals surface area contributed by atoms with Gasteiger partial charge in [0.1, 0.15) is 5.82 Å². The van der Waals surface area contributed by atoms with Crippen LogP contribution < -0.4 is 9.80 Å². The fourth-order valence-electron chi connectivity index (χ4n) is 3.79. The topological polar surface area (TPSA) is 55.8 Å². The summed E-state index contributed by atoms with van der Waals surface area (Å²) in [4.78, 5) is 31.2. The van der Waals surface area contributed by atoms with Gasteiger partial charge in [0.2, 0.25) is 5.95 Å². The van der Waals surface area contributed by atoms with Crippen LogP contribution in [0, 0.1) is 10.5 Å². The van der Waals surface area contributed by atoms with Gasteiger partial charge in [-0.25, -0.2) is 4.98 Å². The Morgan fingerprint density at radius 2 is 1.59 bits per heavy atom. The molecule has 0 unspecified atom stereocenters. The van der Waals surface area contributed by atoms with Crippen LogP contribution in [0.4, 0.5) is 11.8 Å². The zero-order valence-corrected chi connectivity index (χ0v) is 19.2. The number of amides is 1. The first-order valence-electron chi connectivity index (χ1n) is 10.1. The van der Waals surface area contributed by atoms with Crippen molar-refractivity contribution in [3.05, 3.63) is 45.2 Å². The van der Waals surface area contributed by atoms with Gasteiger partial charge in [-0.05, 0) is 48.7 Å². The van der Waals surface area contributed by atoms with Crippen molar-refractivity contribution in [1.82, 2.24) is 19.8 Å². The van der Waals surface area contributed by atoms with Gasteiger partial charge in [0, 0.05) is 67.7 Å². The van der Waals surface area contributed by atoms with Crippen molar-refractivity contribution in [2.75, 3.05) is 69.2 Å². The third kappa shape index (κ3) is 4.63. The molecule has 0 saturated carbocycles. The second kappa shape index (κ2) is 8.83. The van der Waals surface area contributed by atoms with Crippen LogP contribution in [0.2, 0.25) is 0 Å². The summed E-state index contributed by atoms with van der Waals surface area (Å²) < 4.78 is 0.997. The molecule has 1 aromatic heterocycles. The predicted octanol–water partition coefficient (Wildman–Crippen LogP) is 2.10. The van der Waals surface area contributed by atoms with Crippen LogP contribution in [0.25, 0.3) is 0 Å². The molecule has 7 nitrogen and oxygen atoms in total. The highest BCUT2D eigenvalue weighted by Crippen LogP contribution is 2.21. The van der Waals surface area contributed by atoms with Crippen LogP contribution >= 0.6 is 22.6 Å². The van der Waals surface area contributed by atoms with E-state index in [1.165, 1.54) is 0 Å². The Morgan fingerprint density at radius 1 is 0.931 bits per heavy atom. The van der Waals surface area contributed by atoms with Crippen molar-refractivity contribution >= 4 is 40.3 Å². The molecule has 2 aromatic rings. The van der Waals surface area contributed by atoms with E-state index in [0.29, 0.717) is 13.1 Å². The third-order valence-corrected chi connectivity index (χ3v) is 6.55. The van der Waals surface area contributed by atoms with E-state index in [-0.39, 0.29) is 5.91 Å². The van der Waals surface area contributed by atoms with E-state index in [1.54, 1.807) is 0 Å². The summed E-state index contributed by atoms with van der Waals surface area (Å²) in [6, 6.07) is 9.84. The Labute approximate surface area is 185 Å². The molecular formula is C21H27IN6O. The summed E-state index contributed by atoms with van der Waals surface area (Å²) in [6.45, 7) is 8.99. The third-order valence-electron chi connectivity index (χ3n) is 5.61. The molecule has 0 N–H and O–H groups in total. The lowest BCUT2D eigenvalue weighted by atomic mass is 10.2. The van der Waals surface area contributed by atoms with Crippen molar-refractivity contribution < 1.29 is 4.79 Å². The maximum atomic E-state index is 12.9. The smallest absolute Gasteiger partial charge is 0.255 e. The van der Waals surface area contributed by atoms with Crippen LogP contribution in [0.1, 0.15) is 16.1 Å². The summed E-state index contributed by atoms with van der Waals surface area (Å²) >= 11 is 2.23. The van der Waals surface area contributed by atoms with E-state index < -0.39 is 0 Å². The summed E-state index contributed by atoms with van der Waals surface area (Å²) in [6.07, 6.45) is 0. The average Bonchev–Trinajstić information content (AvgIpc) is 2.74. The number of piperazine rings is 2. The Bertz CT molecular complexity index is 875. The monoisotopic (exact) mass is 506 g/mol. The Balaban J connectivity index is 1.43. The number of likely N-dealkylation sites (N-methyl/N-ethyl adjacent to an activating group) is 1. The number of carbonyl (C=O) groups is 1. The first kappa shape index (κ1) is 20.3. The number of halogens is 1. The van der Waals surface area contributed by atoms with Gasteiger partial charge in [0.05, 0.1) is 5.56 Å². The number of carbonyl (C=O) groups excluding carboxylic acids is 1. The van der Waals surface area contributed by atoms with E-state index in [9.17, 15) is 4.79 Å². The molecule has 2 aliphatic heterocycles. The molecule has 1 amide bonds. The fourth-order valence-corrected chi connectivity index (χ4v) is 4.41. The van der Waals surface area contributed by atoms with Gasteiger partial charge in [0.15, 0.2) is 0 Å². The van der Waals surface area contributed by atoms with E-state index >= 15 is 0 Å². The molecule has 0 aliphatic carbocycles. The second-order valence-electron chi connectivity index (χ2n) is 7.72. The number of rotatable bonds is 3. The van der Waals surface area contributed by atoms with Crippen LogP contribution in [-0.2, 0) is 0 Å². The van der Waals surface area contributed by atoms with Gasteiger partial charge in [-0.15, -0.1) is 0 Å². The van der Waals surface area contributed by atoms with Crippen molar-refractivity contribution in [2.24, 2.45) is 0 Å². The zero-order valence-electron chi connectivity index (χ0n) is 17.0. The van der Waals surface area contributed by atoms with Gasteiger partial charge < -0.3 is 19.6 Å². The predicted molar refractivity (Wildman–Crippen MR) is 124 cm³/mol. The normalized spacial score (nSPS) is 18.2. The minimum Gasteiger partial charge on any atom is -0.354 e. The number of benzene rings is 1. The quantitative estimate of drug-likeness (QED) is 0.595. The lowest BCUT2D eigenvalue weighted by Gasteiger charge is -2.36.